The summed E-state index contributed by atoms with van der Waals surface area (Å²) >= 11 is 0. The van der Waals surface area contributed by atoms with E-state index in [1.54, 1.807) is 6.92 Å². The van der Waals surface area contributed by atoms with Crippen molar-refractivity contribution >= 4 is 15.7 Å². The molecule has 0 saturated carbocycles. The van der Waals surface area contributed by atoms with Crippen LogP contribution in [0, 0.1) is 0 Å². The van der Waals surface area contributed by atoms with E-state index in [1.807, 2.05) is 0 Å². The fourth-order valence-corrected chi connectivity index (χ4v) is 2.38. The smallest absolute Gasteiger partial charge is 0.265 e. The Bertz CT molecular complexity index is 491. The Kier molecular flexibility index (Phi) is 5.64. The van der Waals surface area contributed by atoms with E-state index in [2.05, 4.69) is 10.0 Å². The molecule has 1 rings (SSSR count). The highest BCUT2D eigenvalue weighted by Crippen LogP contribution is 2.14. The Hall–Kier alpha value is -1.25. The first-order valence-electron chi connectivity index (χ1n) is 5.66. The molecule has 1 atom stereocenters. The van der Waals surface area contributed by atoms with Crippen molar-refractivity contribution in [1.82, 2.24) is 4.72 Å². The number of rotatable bonds is 7. The molecule has 0 fully saturated rings. The number of aliphatic hydroxyl groups is 1. The summed E-state index contributed by atoms with van der Waals surface area (Å²) in [5.74, 6) is 0. The second-order valence-electron chi connectivity index (χ2n) is 3.81. The predicted octanol–water partition coefficient (Wildman–Crippen LogP) is 1.02. The number of sulfonamides is 1. The van der Waals surface area contributed by atoms with Crippen molar-refractivity contribution in [2.45, 2.75) is 24.3 Å². The second kappa shape index (κ2) is 6.78. The van der Waals surface area contributed by atoms with E-state index in [0.717, 1.165) is 0 Å². The third-order valence-electron chi connectivity index (χ3n) is 2.31. The maximum atomic E-state index is 12.1. The van der Waals surface area contributed by atoms with Crippen LogP contribution in [-0.4, -0.2) is 39.1 Å². The lowest BCUT2D eigenvalue weighted by Crippen LogP contribution is -2.26. The maximum Gasteiger partial charge on any atom is 0.265 e. The minimum Gasteiger partial charge on any atom is -0.385 e. The zero-order chi connectivity index (χ0) is 14.5. The molecule has 0 aromatic heterocycles. The molecule has 8 heteroatoms. The molecule has 0 heterocycles. The molecule has 3 N–H and O–H groups in total. The van der Waals surface area contributed by atoms with Crippen molar-refractivity contribution in [2.24, 2.45) is 0 Å². The van der Waals surface area contributed by atoms with E-state index in [0.29, 0.717) is 5.69 Å². The Morgan fingerprint density at radius 2 is 1.84 bits per heavy atom. The zero-order valence-corrected chi connectivity index (χ0v) is 11.1. The number of hydrogen-bond acceptors (Lipinski definition) is 4. The number of halogens is 2. The number of alkyl halides is 2. The molecule has 0 saturated heterocycles. The molecular weight excluding hydrogens is 278 g/mol. The van der Waals surface area contributed by atoms with E-state index in [4.69, 9.17) is 5.11 Å². The van der Waals surface area contributed by atoms with Gasteiger partial charge in [0.1, 0.15) is 6.10 Å². The predicted molar refractivity (Wildman–Crippen MR) is 67.8 cm³/mol. The standard InChI is InChI=1S/C11H16F2N2O3S/c1-2-15-19(17,18)9-5-3-8(4-6-9)14-7-10(16)11(12)13/h3-6,10-11,14-16H,2,7H2,1H3. The van der Waals surface area contributed by atoms with Crippen LogP contribution in [0.4, 0.5) is 14.5 Å². The highest BCUT2D eigenvalue weighted by atomic mass is 32.2. The van der Waals surface area contributed by atoms with Crippen LogP contribution in [0.1, 0.15) is 6.92 Å². The molecule has 0 spiro atoms. The lowest BCUT2D eigenvalue weighted by molar-refractivity contribution is 0.00384. The van der Waals surface area contributed by atoms with Gasteiger partial charge in [0.2, 0.25) is 10.0 Å². The van der Waals surface area contributed by atoms with Gasteiger partial charge in [-0.15, -0.1) is 0 Å². The molecule has 1 unspecified atom stereocenters. The monoisotopic (exact) mass is 294 g/mol. The van der Waals surface area contributed by atoms with Crippen LogP contribution in [0.15, 0.2) is 29.2 Å². The van der Waals surface area contributed by atoms with Crippen molar-refractivity contribution in [3.63, 3.8) is 0 Å². The molecule has 108 valence electrons. The Labute approximate surface area is 110 Å². The minimum atomic E-state index is -3.52. The molecule has 0 aliphatic carbocycles. The van der Waals surface area contributed by atoms with Crippen LogP contribution in [0.5, 0.6) is 0 Å². The fourth-order valence-electron chi connectivity index (χ4n) is 1.34. The molecule has 0 radical (unpaired) electrons. The molecular formula is C11H16F2N2O3S. The van der Waals surface area contributed by atoms with Crippen molar-refractivity contribution in [2.75, 3.05) is 18.4 Å². The summed E-state index contributed by atoms with van der Waals surface area (Å²) in [5.41, 5.74) is 0.454. The van der Waals surface area contributed by atoms with E-state index in [9.17, 15) is 17.2 Å². The van der Waals surface area contributed by atoms with Gasteiger partial charge < -0.3 is 10.4 Å². The van der Waals surface area contributed by atoms with Gasteiger partial charge in [-0.05, 0) is 24.3 Å². The van der Waals surface area contributed by atoms with Gasteiger partial charge in [0.15, 0.2) is 0 Å². The van der Waals surface area contributed by atoms with Crippen LogP contribution >= 0.6 is 0 Å². The Morgan fingerprint density at radius 1 is 1.26 bits per heavy atom. The van der Waals surface area contributed by atoms with Crippen molar-refractivity contribution in [3.05, 3.63) is 24.3 Å². The Balaban J connectivity index is 2.67. The van der Waals surface area contributed by atoms with Crippen LogP contribution in [0.2, 0.25) is 0 Å². The van der Waals surface area contributed by atoms with E-state index >= 15 is 0 Å². The molecule has 0 aliphatic rings. The molecule has 0 amide bonds. The third-order valence-corrected chi connectivity index (χ3v) is 3.87. The highest BCUT2D eigenvalue weighted by molar-refractivity contribution is 7.89. The fraction of sp³-hybridized carbons (Fsp3) is 0.455. The second-order valence-corrected chi connectivity index (χ2v) is 5.58. The van der Waals surface area contributed by atoms with Gasteiger partial charge in [-0.3, -0.25) is 0 Å². The largest absolute Gasteiger partial charge is 0.385 e. The normalized spacial score (nSPS) is 13.5. The zero-order valence-electron chi connectivity index (χ0n) is 10.3. The van der Waals surface area contributed by atoms with Gasteiger partial charge in [-0.1, -0.05) is 6.92 Å². The van der Waals surface area contributed by atoms with Crippen LogP contribution in [0.25, 0.3) is 0 Å². The van der Waals surface area contributed by atoms with E-state index in [-0.39, 0.29) is 18.0 Å². The Morgan fingerprint density at radius 3 is 2.32 bits per heavy atom. The summed E-state index contributed by atoms with van der Waals surface area (Å²) in [6, 6.07) is 5.61. The lowest BCUT2D eigenvalue weighted by Gasteiger charge is -2.12. The number of hydrogen-bond donors (Lipinski definition) is 3. The average molecular weight is 294 g/mol. The van der Waals surface area contributed by atoms with Crippen LogP contribution in [0.3, 0.4) is 0 Å². The minimum absolute atomic E-state index is 0.0920. The van der Waals surface area contributed by atoms with E-state index < -0.39 is 22.6 Å². The molecule has 0 bridgehead atoms. The molecule has 1 aromatic carbocycles. The van der Waals surface area contributed by atoms with E-state index in [1.165, 1.54) is 24.3 Å². The summed E-state index contributed by atoms with van der Waals surface area (Å²) in [5, 5.41) is 11.5. The summed E-state index contributed by atoms with van der Waals surface area (Å²) in [6.45, 7) is 1.64. The number of anilines is 1. The van der Waals surface area contributed by atoms with Gasteiger partial charge in [0.05, 0.1) is 4.90 Å². The number of aliphatic hydroxyl groups excluding tert-OH is 1. The third kappa shape index (κ3) is 4.73. The maximum absolute atomic E-state index is 12.1. The van der Waals surface area contributed by atoms with Gasteiger partial charge in [0.25, 0.3) is 6.43 Å². The molecule has 19 heavy (non-hydrogen) atoms. The quantitative estimate of drug-likeness (QED) is 0.701. The lowest BCUT2D eigenvalue weighted by atomic mass is 10.3. The highest BCUT2D eigenvalue weighted by Gasteiger charge is 2.16. The first-order chi connectivity index (χ1) is 8.86. The van der Waals surface area contributed by atoms with Gasteiger partial charge >= 0.3 is 0 Å². The van der Waals surface area contributed by atoms with Crippen molar-refractivity contribution < 1.29 is 22.3 Å². The topological polar surface area (TPSA) is 78.4 Å². The van der Waals surface area contributed by atoms with Crippen LogP contribution < -0.4 is 10.0 Å². The van der Waals surface area contributed by atoms with Crippen molar-refractivity contribution in [1.29, 1.82) is 0 Å². The molecule has 1 aromatic rings. The summed E-state index contributed by atoms with van der Waals surface area (Å²) in [4.78, 5) is 0.0920. The first kappa shape index (κ1) is 15.8. The SMILES string of the molecule is CCNS(=O)(=O)c1ccc(NCC(O)C(F)F)cc1. The average Bonchev–Trinajstić information content (AvgIpc) is 2.36. The van der Waals surface area contributed by atoms with Gasteiger partial charge in [-0.25, -0.2) is 21.9 Å². The van der Waals surface area contributed by atoms with Crippen LogP contribution in [-0.2, 0) is 10.0 Å². The summed E-state index contributed by atoms with van der Waals surface area (Å²) < 4.78 is 49.7. The molecule has 5 nitrogen and oxygen atoms in total. The summed E-state index contributed by atoms with van der Waals surface area (Å²) in [7, 11) is -3.52. The van der Waals surface area contributed by atoms with Gasteiger partial charge in [0, 0.05) is 18.8 Å². The van der Waals surface area contributed by atoms with Gasteiger partial charge in [-0.2, -0.15) is 0 Å². The van der Waals surface area contributed by atoms with Crippen molar-refractivity contribution in [3.8, 4) is 0 Å². The first-order valence-corrected chi connectivity index (χ1v) is 7.15. The number of benzene rings is 1. The summed E-state index contributed by atoms with van der Waals surface area (Å²) in [6.07, 6.45) is -4.58. The molecule has 0 aliphatic heterocycles. The number of nitrogens with one attached hydrogen (secondary N) is 2.